The van der Waals surface area contributed by atoms with Gasteiger partial charge in [-0.05, 0) is 38.5 Å². The maximum Gasteiger partial charge on any atom is 0.225 e. The molecule has 0 N–H and O–H groups in total. The average molecular weight is 274 g/mol. The van der Waals surface area contributed by atoms with Crippen molar-refractivity contribution in [2.24, 2.45) is 11.8 Å². The van der Waals surface area contributed by atoms with Crippen molar-refractivity contribution >= 4 is 17.5 Å². The van der Waals surface area contributed by atoms with Crippen molar-refractivity contribution in [2.45, 2.75) is 64.7 Å². The lowest BCUT2D eigenvalue weighted by Crippen LogP contribution is -2.42. The number of halogens is 1. The maximum atomic E-state index is 12.4. The summed E-state index contributed by atoms with van der Waals surface area (Å²) in [4.78, 5) is 14.5. The number of hydrogen-bond donors (Lipinski definition) is 0. The molecule has 106 valence electrons. The van der Waals surface area contributed by atoms with Crippen LogP contribution in [-0.4, -0.2) is 29.3 Å². The zero-order chi connectivity index (χ0) is 13.5. The van der Waals surface area contributed by atoms with Gasteiger partial charge in [0.1, 0.15) is 0 Å². The Morgan fingerprint density at radius 1 is 1.33 bits per heavy atom. The van der Waals surface area contributed by atoms with E-state index in [0.29, 0.717) is 11.8 Å². The zero-order valence-corrected chi connectivity index (χ0v) is 12.9. The molecule has 0 aliphatic carbocycles. The summed E-state index contributed by atoms with van der Waals surface area (Å²) in [5.74, 6) is 1.22. The van der Waals surface area contributed by atoms with E-state index in [-0.39, 0.29) is 11.3 Å². The Morgan fingerprint density at radius 3 is 2.39 bits per heavy atom. The van der Waals surface area contributed by atoms with Crippen LogP contribution in [0, 0.1) is 11.8 Å². The molecular formula is C15H28ClNO. The van der Waals surface area contributed by atoms with Crippen LogP contribution in [0.1, 0.15) is 59.3 Å². The van der Waals surface area contributed by atoms with E-state index in [2.05, 4.69) is 25.7 Å². The van der Waals surface area contributed by atoms with Gasteiger partial charge in [-0.2, -0.15) is 0 Å². The first-order chi connectivity index (χ1) is 8.60. The molecule has 0 spiro atoms. The first-order valence-electron chi connectivity index (χ1n) is 7.52. The van der Waals surface area contributed by atoms with Crippen LogP contribution in [0.4, 0.5) is 0 Å². The highest BCUT2D eigenvalue weighted by Gasteiger charge is 2.28. The van der Waals surface area contributed by atoms with Crippen molar-refractivity contribution in [2.75, 3.05) is 13.1 Å². The van der Waals surface area contributed by atoms with Gasteiger partial charge in [0.05, 0.1) is 0 Å². The van der Waals surface area contributed by atoms with Gasteiger partial charge in [-0.3, -0.25) is 4.79 Å². The van der Waals surface area contributed by atoms with Gasteiger partial charge in [0, 0.05) is 24.4 Å². The summed E-state index contributed by atoms with van der Waals surface area (Å²) in [6.45, 7) is 8.20. The Balaban J connectivity index is 2.42. The van der Waals surface area contributed by atoms with Crippen molar-refractivity contribution in [1.29, 1.82) is 0 Å². The molecule has 0 bridgehead atoms. The lowest BCUT2D eigenvalue weighted by molar-refractivity contribution is -0.137. The predicted molar refractivity (Wildman–Crippen MR) is 77.9 cm³/mol. The minimum atomic E-state index is 0.240. The number of alkyl halides is 1. The van der Waals surface area contributed by atoms with Crippen molar-refractivity contribution in [1.82, 2.24) is 4.90 Å². The number of carbonyl (C=O) groups excluding carboxylic acids is 1. The Kier molecular flexibility index (Phi) is 7.06. The van der Waals surface area contributed by atoms with E-state index in [1.165, 1.54) is 12.8 Å². The second-order valence-corrected chi connectivity index (χ2v) is 6.28. The molecule has 1 aliphatic rings. The van der Waals surface area contributed by atoms with Gasteiger partial charge < -0.3 is 4.90 Å². The molecule has 3 heteroatoms. The number of piperidine rings is 1. The van der Waals surface area contributed by atoms with Gasteiger partial charge in [0.25, 0.3) is 0 Å². The van der Waals surface area contributed by atoms with Crippen molar-refractivity contribution in [3.8, 4) is 0 Å². The first kappa shape index (κ1) is 15.8. The molecule has 1 heterocycles. The van der Waals surface area contributed by atoms with Crippen LogP contribution < -0.4 is 0 Å². The zero-order valence-electron chi connectivity index (χ0n) is 12.1. The molecule has 2 unspecified atom stereocenters. The van der Waals surface area contributed by atoms with E-state index >= 15 is 0 Å². The Hall–Kier alpha value is -0.240. The molecular weight excluding hydrogens is 246 g/mol. The highest BCUT2D eigenvalue weighted by atomic mass is 35.5. The number of unbranched alkanes of at least 4 members (excludes halogenated alkanes) is 1. The summed E-state index contributed by atoms with van der Waals surface area (Å²) in [5.41, 5.74) is 0. The van der Waals surface area contributed by atoms with Gasteiger partial charge in [-0.25, -0.2) is 0 Å². The number of likely N-dealkylation sites (tertiary alicyclic amines) is 1. The third-order valence-electron chi connectivity index (χ3n) is 4.25. The van der Waals surface area contributed by atoms with Gasteiger partial charge >= 0.3 is 0 Å². The van der Waals surface area contributed by atoms with E-state index in [1.807, 2.05) is 0 Å². The maximum absolute atomic E-state index is 12.4. The van der Waals surface area contributed by atoms with Crippen LogP contribution >= 0.6 is 11.6 Å². The summed E-state index contributed by atoms with van der Waals surface area (Å²) >= 11 is 6.14. The number of hydrogen-bond acceptors (Lipinski definition) is 1. The largest absolute Gasteiger partial charge is 0.342 e. The fourth-order valence-electron chi connectivity index (χ4n) is 2.79. The van der Waals surface area contributed by atoms with Crippen LogP contribution in [0.5, 0.6) is 0 Å². The van der Waals surface area contributed by atoms with Crippen molar-refractivity contribution in [3.05, 3.63) is 0 Å². The first-order valence-corrected chi connectivity index (χ1v) is 7.96. The standard InChI is InChI=1S/C15H28ClNO/c1-4-6-7-13(5-2)15(18)17-10-8-14(9-11-17)12(3)16/h12-14H,4-11H2,1-3H3. The smallest absolute Gasteiger partial charge is 0.225 e. The summed E-state index contributed by atoms with van der Waals surface area (Å²) in [6, 6.07) is 0. The fraction of sp³-hybridized carbons (Fsp3) is 0.933. The molecule has 1 aliphatic heterocycles. The lowest BCUT2D eigenvalue weighted by Gasteiger charge is -2.35. The number of rotatable bonds is 6. The molecule has 2 atom stereocenters. The minimum Gasteiger partial charge on any atom is -0.342 e. The normalized spacial score (nSPS) is 20.8. The minimum absolute atomic E-state index is 0.240. The van der Waals surface area contributed by atoms with Crippen molar-refractivity contribution < 1.29 is 4.79 Å². The SMILES string of the molecule is CCCCC(CC)C(=O)N1CCC(C(C)Cl)CC1. The number of carbonyl (C=O) groups is 1. The fourth-order valence-corrected chi connectivity index (χ4v) is 3.04. The highest BCUT2D eigenvalue weighted by molar-refractivity contribution is 6.20. The molecule has 1 amide bonds. The molecule has 2 nitrogen and oxygen atoms in total. The van der Waals surface area contributed by atoms with Gasteiger partial charge in [-0.15, -0.1) is 11.6 Å². The second-order valence-electron chi connectivity index (χ2n) is 5.59. The molecule has 1 fully saturated rings. The summed E-state index contributed by atoms with van der Waals surface area (Å²) in [5, 5.41) is 0.240. The number of nitrogens with zero attached hydrogens (tertiary/aromatic N) is 1. The third kappa shape index (κ3) is 4.46. The van der Waals surface area contributed by atoms with Crippen LogP contribution in [0.15, 0.2) is 0 Å². The Labute approximate surface area is 117 Å². The van der Waals surface area contributed by atoms with Gasteiger partial charge in [-0.1, -0.05) is 26.7 Å². The quantitative estimate of drug-likeness (QED) is 0.668. The van der Waals surface area contributed by atoms with Crippen LogP contribution in [0.2, 0.25) is 0 Å². The summed E-state index contributed by atoms with van der Waals surface area (Å²) in [6.07, 6.45) is 6.51. The molecule has 1 rings (SSSR count). The van der Waals surface area contributed by atoms with Crippen molar-refractivity contribution in [3.63, 3.8) is 0 Å². The Morgan fingerprint density at radius 2 is 1.94 bits per heavy atom. The lowest BCUT2D eigenvalue weighted by atomic mass is 9.91. The summed E-state index contributed by atoms with van der Waals surface area (Å²) in [7, 11) is 0. The third-order valence-corrected chi connectivity index (χ3v) is 4.61. The van der Waals surface area contributed by atoms with E-state index in [1.54, 1.807) is 0 Å². The predicted octanol–water partition coefficient (Wildman–Crippen LogP) is 4.07. The highest BCUT2D eigenvalue weighted by Crippen LogP contribution is 2.26. The van der Waals surface area contributed by atoms with E-state index in [4.69, 9.17) is 11.6 Å². The van der Waals surface area contributed by atoms with E-state index < -0.39 is 0 Å². The molecule has 0 aromatic heterocycles. The van der Waals surface area contributed by atoms with E-state index in [9.17, 15) is 4.79 Å². The Bertz CT molecular complexity index is 247. The molecule has 0 aromatic rings. The monoisotopic (exact) mass is 273 g/mol. The molecule has 18 heavy (non-hydrogen) atoms. The number of amides is 1. The molecule has 0 saturated carbocycles. The molecule has 0 aromatic carbocycles. The molecule has 1 saturated heterocycles. The van der Waals surface area contributed by atoms with Crippen LogP contribution in [-0.2, 0) is 4.79 Å². The average Bonchev–Trinajstić information content (AvgIpc) is 2.39. The van der Waals surface area contributed by atoms with Crippen LogP contribution in [0.3, 0.4) is 0 Å². The van der Waals surface area contributed by atoms with Gasteiger partial charge in [0.2, 0.25) is 5.91 Å². The second kappa shape index (κ2) is 8.04. The van der Waals surface area contributed by atoms with Gasteiger partial charge in [0.15, 0.2) is 0 Å². The van der Waals surface area contributed by atoms with E-state index in [0.717, 1.165) is 38.8 Å². The summed E-state index contributed by atoms with van der Waals surface area (Å²) < 4.78 is 0. The van der Waals surface area contributed by atoms with Crippen LogP contribution in [0.25, 0.3) is 0 Å². The molecule has 0 radical (unpaired) electrons. The topological polar surface area (TPSA) is 20.3 Å².